The monoisotopic (exact) mass is 232 g/mol. The first kappa shape index (κ1) is 12.4. The molecule has 1 rings (SSSR count). The predicted octanol–water partition coefficient (Wildman–Crippen LogP) is 1.54. The van der Waals surface area contributed by atoms with Crippen LogP contribution in [0.25, 0.3) is 0 Å². The molecule has 1 saturated carbocycles. The molecule has 4 nitrogen and oxygen atoms in total. The molecule has 1 N–H and O–H groups in total. The Labute approximate surface area is 93.4 Å². The van der Waals surface area contributed by atoms with E-state index in [0.717, 1.165) is 18.6 Å². The number of aliphatic carboxylic acids is 1. The van der Waals surface area contributed by atoms with Crippen LogP contribution in [0.1, 0.15) is 25.7 Å². The van der Waals surface area contributed by atoms with Crippen LogP contribution >= 0.6 is 11.8 Å². The SMILES string of the molecule is COC(=O)CC1(CSCCC(=O)O)CC1. The normalized spacial score (nSPS) is 17.1. The van der Waals surface area contributed by atoms with Crippen molar-refractivity contribution >= 4 is 23.7 Å². The minimum Gasteiger partial charge on any atom is -0.481 e. The van der Waals surface area contributed by atoms with Gasteiger partial charge in [-0.1, -0.05) is 0 Å². The molecule has 1 aliphatic carbocycles. The number of methoxy groups -OCH3 is 1. The number of carbonyl (C=O) groups excluding carboxylic acids is 1. The molecule has 0 aromatic carbocycles. The summed E-state index contributed by atoms with van der Waals surface area (Å²) < 4.78 is 4.63. The summed E-state index contributed by atoms with van der Waals surface area (Å²) in [7, 11) is 1.40. The van der Waals surface area contributed by atoms with E-state index in [1.807, 2.05) is 0 Å². The lowest BCUT2D eigenvalue weighted by atomic mass is 10.1. The van der Waals surface area contributed by atoms with Crippen LogP contribution in [0.4, 0.5) is 0 Å². The molecule has 0 unspecified atom stereocenters. The fourth-order valence-corrected chi connectivity index (χ4v) is 2.66. The third-order valence-electron chi connectivity index (χ3n) is 2.57. The van der Waals surface area contributed by atoms with Gasteiger partial charge in [0.25, 0.3) is 0 Å². The Kier molecular flexibility index (Phi) is 4.45. The summed E-state index contributed by atoms with van der Waals surface area (Å²) in [5.74, 6) is 0.569. The number of thioether (sulfide) groups is 1. The van der Waals surface area contributed by atoms with Gasteiger partial charge in [-0.15, -0.1) is 0 Å². The van der Waals surface area contributed by atoms with Crippen molar-refractivity contribution in [3.63, 3.8) is 0 Å². The zero-order valence-electron chi connectivity index (χ0n) is 8.82. The average Bonchev–Trinajstić information content (AvgIpc) is 2.93. The molecule has 0 spiro atoms. The highest BCUT2D eigenvalue weighted by Crippen LogP contribution is 2.51. The number of hydrogen-bond acceptors (Lipinski definition) is 4. The van der Waals surface area contributed by atoms with Gasteiger partial charge in [-0.2, -0.15) is 11.8 Å². The van der Waals surface area contributed by atoms with Crippen LogP contribution in [-0.2, 0) is 14.3 Å². The van der Waals surface area contributed by atoms with E-state index in [1.54, 1.807) is 11.8 Å². The van der Waals surface area contributed by atoms with Crippen LogP contribution in [0, 0.1) is 5.41 Å². The van der Waals surface area contributed by atoms with E-state index in [2.05, 4.69) is 4.74 Å². The van der Waals surface area contributed by atoms with Gasteiger partial charge < -0.3 is 9.84 Å². The van der Waals surface area contributed by atoms with E-state index in [9.17, 15) is 9.59 Å². The van der Waals surface area contributed by atoms with E-state index in [-0.39, 0.29) is 17.8 Å². The van der Waals surface area contributed by atoms with Crippen LogP contribution in [0.5, 0.6) is 0 Å². The number of hydrogen-bond donors (Lipinski definition) is 1. The van der Waals surface area contributed by atoms with Crippen molar-refractivity contribution in [1.29, 1.82) is 0 Å². The Balaban J connectivity index is 2.14. The van der Waals surface area contributed by atoms with Gasteiger partial charge in [-0.25, -0.2) is 0 Å². The minimum atomic E-state index is -0.764. The number of rotatable bonds is 7. The number of carboxylic acid groups (broad SMARTS) is 1. The van der Waals surface area contributed by atoms with E-state index in [4.69, 9.17) is 5.11 Å². The Bertz CT molecular complexity index is 248. The molecule has 5 heteroatoms. The van der Waals surface area contributed by atoms with Gasteiger partial charge in [0.05, 0.1) is 20.0 Å². The van der Waals surface area contributed by atoms with E-state index >= 15 is 0 Å². The Hall–Kier alpha value is -0.710. The number of esters is 1. The number of carbonyl (C=O) groups is 2. The van der Waals surface area contributed by atoms with Crippen molar-refractivity contribution in [1.82, 2.24) is 0 Å². The van der Waals surface area contributed by atoms with Crippen molar-refractivity contribution < 1.29 is 19.4 Å². The molecule has 15 heavy (non-hydrogen) atoms. The molecular formula is C10H16O4S. The smallest absolute Gasteiger partial charge is 0.306 e. The molecular weight excluding hydrogens is 216 g/mol. The van der Waals surface area contributed by atoms with E-state index in [1.165, 1.54) is 7.11 Å². The van der Waals surface area contributed by atoms with E-state index in [0.29, 0.717) is 12.2 Å². The number of carboxylic acids is 1. The third-order valence-corrected chi connectivity index (χ3v) is 3.88. The second kappa shape index (κ2) is 5.39. The molecule has 0 aliphatic heterocycles. The van der Waals surface area contributed by atoms with Gasteiger partial charge in [0.1, 0.15) is 0 Å². The van der Waals surface area contributed by atoms with Crippen LogP contribution in [0.3, 0.4) is 0 Å². The lowest BCUT2D eigenvalue weighted by Gasteiger charge is -2.12. The third kappa shape index (κ3) is 4.55. The highest BCUT2D eigenvalue weighted by molar-refractivity contribution is 7.99. The first-order valence-electron chi connectivity index (χ1n) is 4.94. The maximum absolute atomic E-state index is 11.1. The molecule has 0 amide bonds. The quantitative estimate of drug-likeness (QED) is 0.533. The molecule has 0 bridgehead atoms. The first-order valence-corrected chi connectivity index (χ1v) is 6.10. The molecule has 0 atom stereocenters. The van der Waals surface area contributed by atoms with Gasteiger partial charge in [-0.05, 0) is 24.0 Å². The summed E-state index contributed by atoms with van der Waals surface area (Å²) in [5.41, 5.74) is 0.107. The van der Waals surface area contributed by atoms with Crippen molar-refractivity contribution in [2.45, 2.75) is 25.7 Å². The number of ether oxygens (including phenoxy) is 1. The lowest BCUT2D eigenvalue weighted by Crippen LogP contribution is -2.13. The van der Waals surface area contributed by atoms with Gasteiger partial charge in [0.15, 0.2) is 0 Å². The zero-order chi connectivity index (χ0) is 11.3. The van der Waals surface area contributed by atoms with Crippen molar-refractivity contribution in [2.24, 2.45) is 5.41 Å². The molecule has 1 aliphatic rings. The zero-order valence-corrected chi connectivity index (χ0v) is 9.64. The summed E-state index contributed by atoms with van der Waals surface area (Å²) >= 11 is 1.61. The summed E-state index contributed by atoms with van der Waals surface area (Å²) in [5, 5.41) is 8.45. The van der Waals surface area contributed by atoms with Gasteiger partial charge >= 0.3 is 11.9 Å². The standard InChI is InChI=1S/C10H16O4S/c1-14-9(13)6-10(3-4-10)7-15-5-2-8(11)12/h2-7H2,1H3,(H,11,12). The molecule has 0 radical (unpaired) electrons. The highest BCUT2D eigenvalue weighted by Gasteiger charge is 2.44. The largest absolute Gasteiger partial charge is 0.481 e. The maximum Gasteiger partial charge on any atom is 0.306 e. The van der Waals surface area contributed by atoms with Crippen molar-refractivity contribution in [3.8, 4) is 0 Å². The van der Waals surface area contributed by atoms with Crippen LogP contribution in [0.2, 0.25) is 0 Å². The molecule has 0 aromatic heterocycles. The predicted molar refractivity (Wildman–Crippen MR) is 57.9 cm³/mol. The Morgan fingerprint density at radius 2 is 2.13 bits per heavy atom. The molecule has 1 fully saturated rings. The summed E-state index contributed by atoms with van der Waals surface area (Å²) in [4.78, 5) is 21.4. The molecule has 86 valence electrons. The minimum absolute atomic E-state index is 0.107. The second-order valence-corrected chi connectivity index (χ2v) is 5.05. The summed E-state index contributed by atoms with van der Waals surface area (Å²) in [6.45, 7) is 0. The summed E-state index contributed by atoms with van der Waals surface area (Å²) in [6.07, 6.45) is 2.78. The molecule has 0 saturated heterocycles. The van der Waals surface area contributed by atoms with Gasteiger partial charge in [0, 0.05) is 5.75 Å². The van der Waals surface area contributed by atoms with Crippen molar-refractivity contribution in [2.75, 3.05) is 18.6 Å². The summed E-state index contributed by atoms with van der Waals surface area (Å²) in [6, 6.07) is 0. The fourth-order valence-electron chi connectivity index (χ4n) is 1.38. The highest BCUT2D eigenvalue weighted by atomic mass is 32.2. The Morgan fingerprint density at radius 3 is 2.60 bits per heavy atom. The average molecular weight is 232 g/mol. The van der Waals surface area contributed by atoms with Gasteiger partial charge in [-0.3, -0.25) is 9.59 Å². The Morgan fingerprint density at radius 1 is 1.47 bits per heavy atom. The van der Waals surface area contributed by atoms with Crippen LogP contribution < -0.4 is 0 Å². The molecule has 0 aromatic rings. The first-order chi connectivity index (χ1) is 7.08. The van der Waals surface area contributed by atoms with Crippen molar-refractivity contribution in [3.05, 3.63) is 0 Å². The lowest BCUT2D eigenvalue weighted by molar-refractivity contribution is -0.142. The molecule has 0 heterocycles. The van der Waals surface area contributed by atoms with Gasteiger partial charge in [0.2, 0.25) is 0 Å². The van der Waals surface area contributed by atoms with Crippen LogP contribution in [0.15, 0.2) is 0 Å². The fraction of sp³-hybridized carbons (Fsp3) is 0.800. The van der Waals surface area contributed by atoms with E-state index < -0.39 is 5.97 Å². The van der Waals surface area contributed by atoms with Crippen LogP contribution in [-0.4, -0.2) is 35.7 Å². The second-order valence-electron chi connectivity index (χ2n) is 3.95. The topological polar surface area (TPSA) is 63.6 Å². The maximum atomic E-state index is 11.1.